The Morgan fingerprint density at radius 1 is 1.58 bits per heavy atom. The van der Waals surface area contributed by atoms with Crippen molar-refractivity contribution < 1.29 is 9.90 Å². The van der Waals surface area contributed by atoms with Gasteiger partial charge in [0.15, 0.2) is 0 Å². The lowest BCUT2D eigenvalue weighted by atomic mass is 9.95. The summed E-state index contributed by atoms with van der Waals surface area (Å²) < 4.78 is 0. The van der Waals surface area contributed by atoms with Crippen LogP contribution >= 0.6 is 0 Å². The highest BCUT2D eigenvalue weighted by Gasteiger charge is 2.25. The van der Waals surface area contributed by atoms with E-state index in [9.17, 15) is 9.90 Å². The molecule has 2 N–H and O–H groups in total. The third kappa shape index (κ3) is 1.60. The van der Waals surface area contributed by atoms with E-state index in [1.165, 1.54) is 0 Å². The molecule has 1 unspecified atom stereocenters. The first kappa shape index (κ1) is 9.10. The normalized spacial score (nSPS) is 24.7. The summed E-state index contributed by atoms with van der Waals surface area (Å²) >= 11 is 0. The SMILES string of the molecule is CC1=C(O)CC(C(C)C)NC1=O. The van der Waals surface area contributed by atoms with Crippen molar-refractivity contribution in [3.05, 3.63) is 11.3 Å². The van der Waals surface area contributed by atoms with Gasteiger partial charge in [0.05, 0.1) is 5.57 Å². The fourth-order valence-electron chi connectivity index (χ4n) is 1.22. The molecule has 1 heterocycles. The van der Waals surface area contributed by atoms with E-state index >= 15 is 0 Å². The summed E-state index contributed by atoms with van der Waals surface area (Å²) in [6.45, 7) is 5.69. The van der Waals surface area contributed by atoms with Gasteiger partial charge in [-0.05, 0) is 12.8 Å². The van der Waals surface area contributed by atoms with Gasteiger partial charge in [-0.1, -0.05) is 13.8 Å². The third-order valence-electron chi connectivity index (χ3n) is 2.31. The average Bonchev–Trinajstić information content (AvgIpc) is 1.99. The Balaban J connectivity index is 2.78. The minimum atomic E-state index is -0.141. The Morgan fingerprint density at radius 2 is 2.17 bits per heavy atom. The van der Waals surface area contributed by atoms with Crippen molar-refractivity contribution in [1.82, 2.24) is 5.32 Å². The van der Waals surface area contributed by atoms with Gasteiger partial charge in [0.1, 0.15) is 5.76 Å². The van der Waals surface area contributed by atoms with Crippen molar-refractivity contribution in [3.63, 3.8) is 0 Å². The molecule has 68 valence electrons. The van der Waals surface area contributed by atoms with Crippen LogP contribution in [0.4, 0.5) is 0 Å². The van der Waals surface area contributed by atoms with Crippen molar-refractivity contribution in [1.29, 1.82) is 0 Å². The van der Waals surface area contributed by atoms with E-state index < -0.39 is 0 Å². The van der Waals surface area contributed by atoms with Gasteiger partial charge in [-0.25, -0.2) is 0 Å². The molecule has 0 aliphatic carbocycles. The molecule has 0 radical (unpaired) electrons. The van der Waals surface area contributed by atoms with Gasteiger partial charge in [0, 0.05) is 12.5 Å². The summed E-state index contributed by atoms with van der Waals surface area (Å²) in [5.41, 5.74) is 0.451. The van der Waals surface area contributed by atoms with E-state index in [1.54, 1.807) is 6.92 Å². The molecular formula is C9H15NO2. The summed E-state index contributed by atoms with van der Waals surface area (Å²) in [4.78, 5) is 11.2. The lowest BCUT2D eigenvalue weighted by molar-refractivity contribution is -0.119. The molecule has 1 aliphatic rings. The van der Waals surface area contributed by atoms with Crippen LogP contribution in [0.15, 0.2) is 11.3 Å². The van der Waals surface area contributed by atoms with Crippen LogP contribution in [0.3, 0.4) is 0 Å². The Kier molecular flexibility index (Phi) is 2.40. The van der Waals surface area contributed by atoms with Crippen LogP contribution in [0.5, 0.6) is 0 Å². The maximum Gasteiger partial charge on any atom is 0.250 e. The number of aliphatic hydroxyl groups excluding tert-OH is 1. The lowest BCUT2D eigenvalue weighted by Gasteiger charge is -2.26. The molecule has 1 amide bonds. The molecule has 3 heteroatoms. The van der Waals surface area contributed by atoms with Gasteiger partial charge in [-0.15, -0.1) is 0 Å². The number of amides is 1. The van der Waals surface area contributed by atoms with E-state index in [4.69, 9.17) is 0 Å². The Hall–Kier alpha value is -0.990. The fourth-order valence-corrected chi connectivity index (χ4v) is 1.22. The first-order valence-electron chi connectivity index (χ1n) is 4.22. The van der Waals surface area contributed by atoms with Crippen molar-refractivity contribution in [2.24, 2.45) is 5.92 Å². The number of carbonyl (C=O) groups excluding carboxylic acids is 1. The molecule has 12 heavy (non-hydrogen) atoms. The minimum Gasteiger partial charge on any atom is -0.512 e. The van der Waals surface area contributed by atoms with Gasteiger partial charge in [-0.3, -0.25) is 4.79 Å². The van der Waals surface area contributed by atoms with Crippen LogP contribution in [0.1, 0.15) is 27.2 Å². The second kappa shape index (κ2) is 3.17. The van der Waals surface area contributed by atoms with Gasteiger partial charge < -0.3 is 10.4 Å². The van der Waals surface area contributed by atoms with Crippen LogP contribution in [0.2, 0.25) is 0 Å². The highest BCUT2D eigenvalue weighted by Crippen LogP contribution is 2.19. The van der Waals surface area contributed by atoms with Gasteiger partial charge in [0.25, 0.3) is 5.91 Å². The zero-order valence-corrected chi connectivity index (χ0v) is 7.72. The molecule has 0 saturated carbocycles. The molecule has 0 fully saturated rings. The Labute approximate surface area is 72.5 Å². The average molecular weight is 169 g/mol. The number of aliphatic hydroxyl groups is 1. The van der Waals surface area contributed by atoms with E-state index in [-0.39, 0.29) is 17.7 Å². The van der Waals surface area contributed by atoms with E-state index in [0.717, 1.165) is 0 Å². The van der Waals surface area contributed by atoms with Gasteiger partial charge in [0.2, 0.25) is 0 Å². The first-order chi connectivity index (χ1) is 5.52. The molecule has 1 aliphatic heterocycles. The number of rotatable bonds is 1. The molecule has 0 bridgehead atoms. The van der Waals surface area contributed by atoms with Crippen molar-refractivity contribution in [2.45, 2.75) is 33.2 Å². The predicted molar refractivity (Wildman–Crippen MR) is 46.7 cm³/mol. The molecule has 0 saturated heterocycles. The van der Waals surface area contributed by atoms with E-state index in [2.05, 4.69) is 5.32 Å². The van der Waals surface area contributed by atoms with Gasteiger partial charge in [-0.2, -0.15) is 0 Å². The van der Waals surface area contributed by atoms with Crippen LogP contribution in [-0.2, 0) is 4.79 Å². The highest BCUT2D eigenvalue weighted by atomic mass is 16.3. The van der Waals surface area contributed by atoms with Crippen LogP contribution < -0.4 is 5.32 Å². The van der Waals surface area contributed by atoms with Crippen LogP contribution in [0.25, 0.3) is 0 Å². The molecule has 1 atom stereocenters. The summed E-state index contributed by atoms with van der Waals surface area (Å²) in [5.74, 6) is 0.458. The largest absolute Gasteiger partial charge is 0.512 e. The minimum absolute atomic E-state index is 0.0844. The monoisotopic (exact) mass is 169 g/mol. The quantitative estimate of drug-likeness (QED) is 0.622. The van der Waals surface area contributed by atoms with Crippen LogP contribution in [-0.4, -0.2) is 17.1 Å². The van der Waals surface area contributed by atoms with E-state index in [1.807, 2.05) is 13.8 Å². The van der Waals surface area contributed by atoms with Crippen molar-refractivity contribution in [2.75, 3.05) is 0 Å². The maximum absolute atomic E-state index is 11.2. The second-order valence-corrected chi connectivity index (χ2v) is 3.60. The summed E-state index contributed by atoms with van der Waals surface area (Å²) in [7, 11) is 0. The molecule has 0 aromatic heterocycles. The van der Waals surface area contributed by atoms with Gasteiger partial charge >= 0.3 is 0 Å². The number of hydrogen-bond donors (Lipinski definition) is 2. The fraction of sp³-hybridized carbons (Fsp3) is 0.667. The third-order valence-corrected chi connectivity index (χ3v) is 2.31. The highest BCUT2D eigenvalue weighted by molar-refractivity contribution is 5.94. The predicted octanol–water partition coefficient (Wildman–Crippen LogP) is 1.36. The molecule has 0 aromatic carbocycles. The standard InChI is InChI=1S/C9H15NO2/c1-5(2)7-4-8(11)6(3)9(12)10-7/h5,7,11H,4H2,1-3H3,(H,10,12). The molecule has 3 nitrogen and oxygen atoms in total. The number of hydrogen-bond acceptors (Lipinski definition) is 2. The van der Waals surface area contributed by atoms with Crippen LogP contribution in [0, 0.1) is 5.92 Å². The Morgan fingerprint density at radius 3 is 2.58 bits per heavy atom. The zero-order valence-electron chi connectivity index (χ0n) is 7.72. The molecule has 0 spiro atoms. The first-order valence-corrected chi connectivity index (χ1v) is 4.22. The lowest BCUT2D eigenvalue weighted by Crippen LogP contribution is -2.43. The van der Waals surface area contributed by atoms with Crippen molar-refractivity contribution >= 4 is 5.91 Å². The van der Waals surface area contributed by atoms with Crippen molar-refractivity contribution in [3.8, 4) is 0 Å². The topological polar surface area (TPSA) is 49.3 Å². The molecule has 0 aromatic rings. The zero-order chi connectivity index (χ0) is 9.30. The summed E-state index contributed by atoms with van der Waals surface area (Å²) in [6.07, 6.45) is 0.565. The summed E-state index contributed by atoms with van der Waals surface area (Å²) in [6, 6.07) is 0.0844. The molecular weight excluding hydrogens is 154 g/mol. The Bertz CT molecular complexity index is 231. The molecule has 1 rings (SSSR count). The second-order valence-electron chi connectivity index (χ2n) is 3.60. The number of carbonyl (C=O) groups is 1. The maximum atomic E-state index is 11.2. The number of nitrogens with one attached hydrogen (secondary N) is 1. The van der Waals surface area contributed by atoms with E-state index in [0.29, 0.717) is 17.9 Å². The summed E-state index contributed by atoms with van der Waals surface area (Å²) in [5, 5.41) is 12.2. The smallest absolute Gasteiger partial charge is 0.250 e.